The summed E-state index contributed by atoms with van der Waals surface area (Å²) in [5, 5.41) is 12.7. The van der Waals surface area contributed by atoms with Crippen molar-refractivity contribution in [3.8, 4) is 0 Å². The third-order valence-corrected chi connectivity index (χ3v) is 3.58. The Morgan fingerprint density at radius 3 is 3.00 bits per heavy atom. The van der Waals surface area contributed by atoms with Gasteiger partial charge >= 0.3 is 5.97 Å². The fraction of sp³-hybridized carbons (Fsp3) is 0.333. The Labute approximate surface area is 122 Å². The van der Waals surface area contributed by atoms with Gasteiger partial charge in [0.1, 0.15) is 0 Å². The number of carboxylic acid groups (broad SMARTS) is 1. The minimum absolute atomic E-state index is 0.0750. The van der Waals surface area contributed by atoms with Crippen molar-refractivity contribution in [2.24, 2.45) is 11.0 Å². The maximum atomic E-state index is 12.0. The van der Waals surface area contributed by atoms with Crippen LogP contribution in [0, 0.1) is 5.92 Å². The number of benzene rings is 1. The molecule has 104 valence electrons. The van der Waals surface area contributed by atoms with Crippen molar-refractivity contribution in [3.63, 3.8) is 0 Å². The maximum Gasteiger partial charge on any atom is 0.337 e. The average molecular weight is 339 g/mol. The number of carboxylic acids is 1. The molecule has 1 aromatic carbocycles. The summed E-state index contributed by atoms with van der Waals surface area (Å²) in [5.41, 5.74) is 8.74. The van der Waals surface area contributed by atoms with E-state index in [1.165, 1.54) is 11.0 Å². The summed E-state index contributed by atoms with van der Waals surface area (Å²) in [6.07, 6.45) is 0.255. The van der Waals surface area contributed by atoms with Crippen molar-refractivity contribution in [3.05, 3.63) is 38.7 Å². The number of amides is 1. The second kappa shape index (κ2) is 5.94. The Morgan fingerprint density at radius 1 is 1.60 bits per heavy atom. The van der Waals surface area contributed by atoms with Gasteiger partial charge in [-0.2, -0.15) is 0 Å². The molecule has 1 amide bonds. The zero-order valence-electron chi connectivity index (χ0n) is 10.4. The van der Waals surface area contributed by atoms with Crippen LogP contribution in [0.2, 0.25) is 0 Å². The van der Waals surface area contributed by atoms with E-state index in [2.05, 4.69) is 26.0 Å². The van der Waals surface area contributed by atoms with Crippen molar-refractivity contribution in [1.29, 1.82) is 0 Å². The molecule has 1 aliphatic heterocycles. The number of aromatic carboxylic acids is 1. The smallest absolute Gasteiger partial charge is 0.337 e. The third kappa shape index (κ3) is 2.92. The van der Waals surface area contributed by atoms with E-state index in [0.717, 1.165) is 0 Å². The molecule has 7 nitrogen and oxygen atoms in total. The van der Waals surface area contributed by atoms with Gasteiger partial charge in [0.05, 0.1) is 11.3 Å². The highest BCUT2D eigenvalue weighted by atomic mass is 79.9. The first-order valence-electron chi connectivity index (χ1n) is 5.87. The molecule has 0 radical (unpaired) electrons. The van der Waals surface area contributed by atoms with E-state index in [1.807, 2.05) is 0 Å². The van der Waals surface area contributed by atoms with E-state index in [1.54, 1.807) is 12.1 Å². The molecule has 1 heterocycles. The highest BCUT2D eigenvalue weighted by molar-refractivity contribution is 9.10. The molecule has 1 unspecified atom stereocenters. The van der Waals surface area contributed by atoms with Gasteiger partial charge in [-0.15, -0.1) is 0 Å². The number of rotatable bonds is 4. The van der Waals surface area contributed by atoms with E-state index in [4.69, 9.17) is 5.53 Å². The Morgan fingerprint density at radius 2 is 2.35 bits per heavy atom. The average Bonchev–Trinajstić information content (AvgIpc) is 2.77. The molecule has 1 atom stereocenters. The van der Waals surface area contributed by atoms with E-state index < -0.39 is 5.97 Å². The van der Waals surface area contributed by atoms with Crippen LogP contribution in [0.5, 0.6) is 0 Å². The molecule has 1 aromatic rings. The predicted molar refractivity (Wildman–Crippen MR) is 75.6 cm³/mol. The molecule has 20 heavy (non-hydrogen) atoms. The van der Waals surface area contributed by atoms with Gasteiger partial charge in [-0.05, 0) is 29.6 Å². The van der Waals surface area contributed by atoms with Crippen LogP contribution >= 0.6 is 15.9 Å². The van der Waals surface area contributed by atoms with Crippen LogP contribution in [0.15, 0.2) is 27.8 Å². The SMILES string of the molecule is [N-]=[N+]=NCC1CC(=O)N(c2cc(Br)ccc2C(=O)O)C1. The first kappa shape index (κ1) is 14.4. The Kier molecular flexibility index (Phi) is 4.26. The van der Waals surface area contributed by atoms with E-state index in [9.17, 15) is 14.7 Å². The fourth-order valence-electron chi connectivity index (χ4n) is 2.20. The van der Waals surface area contributed by atoms with E-state index >= 15 is 0 Å². The van der Waals surface area contributed by atoms with Gasteiger partial charge in [0.25, 0.3) is 0 Å². The third-order valence-electron chi connectivity index (χ3n) is 3.09. The van der Waals surface area contributed by atoms with Gasteiger partial charge < -0.3 is 10.0 Å². The summed E-state index contributed by atoms with van der Waals surface area (Å²) in [4.78, 5) is 27.4. The molecule has 0 saturated carbocycles. The Bertz CT molecular complexity index is 613. The predicted octanol–water partition coefficient (Wildman–Crippen LogP) is 2.81. The summed E-state index contributed by atoms with van der Waals surface area (Å²) < 4.78 is 0.698. The number of nitrogens with zero attached hydrogens (tertiary/aromatic N) is 4. The molecule has 0 aromatic heterocycles. The standard InChI is InChI=1S/C12H11BrN4O3/c13-8-1-2-9(12(19)20)10(4-8)17-6-7(3-11(17)18)5-15-16-14/h1-2,4,7H,3,5-6H2,(H,19,20). The largest absolute Gasteiger partial charge is 0.478 e. The van der Waals surface area contributed by atoms with Gasteiger partial charge in [0.2, 0.25) is 5.91 Å². The quantitative estimate of drug-likeness (QED) is 0.518. The van der Waals surface area contributed by atoms with Crippen LogP contribution in [0.25, 0.3) is 10.4 Å². The molecular formula is C12H11BrN4O3. The minimum atomic E-state index is -1.08. The van der Waals surface area contributed by atoms with Gasteiger partial charge in [-0.25, -0.2) is 4.79 Å². The summed E-state index contributed by atoms with van der Waals surface area (Å²) in [6.45, 7) is 0.587. The van der Waals surface area contributed by atoms with Crippen molar-refractivity contribution < 1.29 is 14.7 Å². The van der Waals surface area contributed by atoms with Crippen LogP contribution in [0.4, 0.5) is 5.69 Å². The number of anilines is 1. The Hall–Kier alpha value is -2.05. The lowest BCUT2D eigenvalue weighted by Gasteiger charge is -2.19. The molecule has 2 rings (SSSR count). The van der Waals surface area contributed by atoms with Crippen LogP contribution in [0.3, 0.4) is 0 Å². The molecule has 1 aliphatic rings. The van der Waals surface area contributed by atoms with Gasteiger partial charge in [0, 0.05) is 28.9 Å². The highest BCUT2D eigenvalue weighted by Crippen LogP contribution is 2.31. The van der Waals surface area contributed by atoms with Crippen LogP contribution in [-0.2, 0) is 4.79 Å². The van der Waals surface area contributed by atoms with Gasteiger partial charge in [0.15, 0.2) is 0 Å². The first-order valence-corrected chi connectivity index (χ1v) is 6.66. The maximum absolute atomic E-state index is 12.0. The molecule has 1 fully saturated rings. The normalized spacial score (nSPS) is 17.9. The van der Waals surface area contributed by atoms with Crippen molar-refractivity contribution in [2.75, 3.05) is 18.0 Å². The van der Waals surface area contributed by atoms with E-state index in [-0.39, 0.29) is 30.4 Å². The monoisotopic (exact) mass is 338 g/mol. The number of carbonyl (C=O) groups excluding carboxylic acids is 1. The first-order chi connectivity index (χ1) is 9.52. The number of carbonyl (C=O) groups is 2. The van der Waals surface area contributed by atoms with Gasteiger partial charge in [-0.1, -0.05) is 21.0 Å². The highest BCUT2D eigenvalue weighted by Gasteiger charge is 2.32. The Balaban J connectivity index is 2.32. The number of hydrogen-bond acceptors (Lipinski definition) is 3. The van der Waals surface area contributed by atoms with Crippen molar-refractivity contribution in [2.45, 2.75) is 6.42 Å². The molecule has 8 heteroatoms. The number of azide groups is 1. The second-order valence-electron chi connectivity index (χ2n) is 4.45. The summed E-state index contributed by atoms with van der Waals surface area (Å²) >= 11 is 3.27. The lowest BCUT2D eigenvalue weighted by molar-refractivity contribution is -0.117. The summed E-state index contributed by atoms with van der Waals surface area (Å²) in [6, 6.07) is 4.68. The van der Waals surface area contributed by atoms with Gasteiger partial charge in [-0.3, -0.25) is 4.79 Å². The summed E-state index contributed by atoms with van der Waals surface area (Å²) in [7, 11) is 0. The van der Waals surface area contributed by atoms with Crippen LogP contribution in [0.1, 0.15) is 16.8 Å². The molecule has 1 saturated heterocycles. The molecule has 0 spiro atoms. The molecule has 1 N–H and O–H groups in total. The molecular weight excluding hydrogens is 328 g/mol. The summed E-state index contributed by atoms with van der Waals surface area (Å²) in [5.74, 6) is -1.33. The second-order valence-corrected chi connectivity index (χ2v) is 5.37. The van der Waals surface area contributed by atoms with Crippen LogP contribution in [-0.4, -0.2) is 30.1 Å². The topological polar surface area (TPSA) is 106 Å². The number of halogens is 1. The lowest BCUT2D eigenvalue weighted by Crippen LogP contribution is -2.26. The lowest BCUT2D eigenvalue weighted by atomic mass is 10.1. The molecule has 0 aliphatic carbocycles. The number of hydrogen-bond donors (Lipinski definition) is 1. The van der Waals surface area contributed by atoms with Crippen molar-refractivity contribution >= 4 is 33.5 Å². The zero-order chi connectivity index (χ0) is 14.7. The van der Waals surface area contributed by atoms with Crippen molar-refractivity contribution in [1.82, 2.24) is 0 Å². The minimum Gasteiger partial charge on any atom is -0.478 e. The fourth-order valence-corrected chi connectivity index (χ4v) is 2.55. The zero-order valence-corrected chi connectivity index (χ0v) is 11.9. The molecule has 0 bridgehead atoms. The van der Waals surface area contributed by atoms with Crippen LogP contribution < -0.4 is 4.90 Å². The van der Waals surface area contributed by atoms with E-state index in [0.29, 0.717) is 16.7 Å².